The van der Waals surface area contributed by atoms with E-state index >= 15 is 0 Å². The van der Waals surface area contributed by atoms with Gasteiger partial charge in [0, 0.05) is 6.42 Å². The summed E-state index contributed by atoms with van der Waals surface area (Å²) < 4.78 is 5.33. The zero-order chi connectivity index (χ0) is 24.1. The molecule has 0 aliphatic heterocycles. The van der Waals surface area contributed by atoms with Crippen LogP contribution in [0.15, 0.2) is 48.6 Å². The highest BCUT2D eigenvalue weighted by molar-refractivity contribution is 5.69. The summed E-state index contributed by atoms with van der Waals surface area (Å²) in [5.74, 6) is -0.0438. The van der Waals surface area contributed by atoms with E-state index in [1.165, 1.54) is 70.6 Å². The lowest BCUT2D eigenvalue weighted by Gasteiger charge is -2.03. The maximum absolute atomic E-state index is 11.8. The zero-order valence-corrected chi connectivity index (χ0v) is 22.1. The number of allylic oxidation sites excluding steroid dienone is 8. The third-order valence-corrected chi connectivity index (χ3v) is 5.70. The molecule has 0 aliphatic rings. The summed E-state index contributed by atoms with van der Waals surface area (Å²) in [4.78, 5) is 11.8. The molecule has 2 heteroatoms. The van der Waals surface area contributed by atoms with Crippen LogP contribution in [0.5, 0.6) is 0 Å². The minimum atomic E-state index is -0.0438. The molecule has 0 fully saturated rings. The van der Waals surface area contributed by atoms with Gasteiger partial charge >= 0.3 is 5.97 Å². The fourth-order valence-corrected chi connectivity index (χ4v) is 3.56. The largest absolute Gasteiger partial charge is 0.466 e. The summed E-state index contributed by atoms with van der Waals surface area (Å²) in [5, 5.41) is 0. The summed E-state index contributed by atoms with van der Waals surface area (Å²) in [7, 11) is 0. The average molecular weight is 459 g/mol. The van der Waals surface area contributed by atoms with E-state index in [1.54, 1.807) is 0 Å². The molecular formula is C31H54O2. The van der Waals surface area contributed by atoms with Crippen LogP contribution in [0, 0.1) is 0 Å². The molecule has 0 aromatic carbocycles. The van der Waals surface area contributed by atoms with Crippen LogP contribution in [0.4, 0.5) is 0 Å². The first-order valence-electron chi connectivity index (χ1n) is 14.1. The van der Waals surface area contributed by atoms with Crippen LogP contribution in [0.25, 0.3) is 0 Å². The van der Waals surface area contributed by atoms with E-state index in [4.69, 9.17) is 4.74 Å². The molecule has 0 heterocycles. The van der Waals surface area contributed by atoms with Gasteiger partial charge in [0.05, 0.1) is 6.61 Å². The SMILES string of the molecule is CCCCC/C=C\CC/C=C\C=C\CCCOC(=O)CCCC/C=C\CCCCCCCC. The number of carbonyl (C=O) groups excluding carboxylic acids is 1. The summed E-state index contributed by atoms with van der Waals surface area (Å²) in [6.07, 6.45) is 40.1. The van der Waals surface area contributed by atoms with E-state index < -0.39 is 0 Å². The molecule has 2 nitrogen and oxygen atoms in total. The monoisotopic (exact) mass is 458 g/mol. The van der Waals surface area contributed by atoms with E-state index in [9.17, 15) is 4.79 Å². The third kappa shape index (κ3) is 28.4. The van der Waals surface area contributed by atoms with Gasteiger partial charge < -0.3 is 4.74 Å². The lowest BCUT2D eigenvalue weighted by atomic mass is 10.1. The molecule has 0 bridgehead atoms. The van der Waals surface area contributed by atoms with Gasteiger partial charge in [0.25, 0.3) is 0 Å². The number of carbonyl (C=O) groups is 1. The maximum Gasteiger partial charge on any atom is 0.305 e. The molecule has 0 saturated carbocycles. The maximum atomic E-state index is 11.8. The Hall–Kier alpha value is -1.57. The van der Waals surface area contributed by atoms with Crippen LogP contribution >= 0.6 is 0 Å². The van der Waals surface area contributed by atoms with E-state index in [1.807, 2.05) is 0 Å². The van der Waals surface area contributed by atoms with Crippen molar-refractivity contribution in [3.8, 4) is 0 Å². The molecule has 0 N–H and O–H groups in total. The lowest BCUT2D eigenvalue weighted by molar-refractivity contribution is -0.143. The van der Waals surface area contributed by atoms with E-state index in [0.717, 1.165) is 44.9 Å². The Morgan fingerprint density at radius 3 is 1.67 bits per heavy atom. The molecule has 0 radical (unpaired) electrons. The highest BCUT2D eigenvalue weighted by Crippen LogP contribution is 2.08. The van der Waals surface area contributed by atoms with Crippen molar-refractivity contribution in [2.75, 3.05) is 6.61 Å². The molecule has 190 valence electrons. The number of ether oxygens (including phenoxy) is 1. The number of rotatable bonds is 24. The summed E-state index contributed by atoms with van der Waals surface area (Å²) >= 11 is 0. The summed E-state index contributed by atoms with van der Waals surface area (Å²) in [6.45, 7) is 5.04. The Morgan fingerprint density at radius 1 is 0.515 bits per heavy atom. The minimum Gasteiger partial charge on any atom is -0.466 e. The molecule has 0 saturated heterocycles. The van der Waals surface area contributed by atoms with Gasteiger partial charge in [-0.25, -0.2) is 0 Å². The van der Waals surface area contributed by atoms with Crippen molar-refractivity contribution in [2.45, 2.75) is 136 Å². The lowest BCUT2D eigenvalue weighted by Crippen LogP contribution is -2.05. The van der Waals surface area contributed by atoms with Gasteiger partial charge in [0.1, 0.15) is 0 Å². The third-order valence-electron chi connectivity index (χ3n) is 5.70. The second-order valence-electron chi connectivity index (χ2n) is 9.04. The van der Waals surface area contributed by atoms with Crippen LogP contribution in [-0.2, 0) is 9.53 Å². The summed E-state index contributed by atoms with van der Waals surface area (Å²) in [6, 6.07) is 0. The molecule has 0 amide bonds. The topological polar surface area (TPSA) is 26.3 Å². The van der Waals surface area contributed by atoms with Gasteiger partial charge in [-0.05, 0) is 70.6 Å². The highest BCUT2D eigenvalue weighted by Gasteiger charge is 2.01. The molecule has 0 aliphatic carbocycles. The second kappa shape index (κ2) is 28.5. The van der Waals surface area contributed by atoms with Crippen LogP contribution in [0.2, 0.25) is 0 Å². The van der Waals surface area contributed by atoms with Crippen LogP contribution in [0.3, 0.4) is 0 Å². The fraction of sp³-hybridized carbons (Fsp3) is 0.710. The molecule has 0 aromatic heterocycles. The van der Waals surface area contributed by atoms with Gasteiger partial charge in [-0.15, -0.1) is 0 Å². The Morgan fingerprint density at radius 2 is 0.970 bits per heavy atom. The standard InChI is InChI=1S/C31H54O2/c1-3-5-7-9-11-13-15-17-18-20-22-24-26-28-30-33-31(32)29-27-25-23-21-19-16-14-12-10-8-6-4-2/h11,13,18-22,24H,3-10,12,14-17,23,25-30H2,1-2H3/b13-11-,20-18-,21-19-,24-22+. The average Bonchev–Trinajstić information content (AvgIpc) is 2.82. The molecular weight excluding hydrogens is 404 g/mol. The van der Waals surface area contributed by atoms with Gasteiger partial charge in [-0.3, -0.25) is 4.79 Å². The van der Waals surface area contributed by atoms with Crippen LogP contribution in [-0.4, -0.2) is 12.6 Å². The van der Waals surface area contributed by atoms with Crippen molar-refractivity contribution in [1.82, 2.24) is 0 Å². The Bertz CT molecular complexity index is 513. The van der Waals surface area contributed by atoms with E-state index in [2.05, 4.69) is 62.5 Å². The van der Waals surface area contributed by atoms with Crippen molar-refractivity contribution in [3.05, 3.63) is 48.6 Å². The Balaban J connectivity index is 3.39. The predicted molar refractivity (Wildman–Crippen MR) is 147 cm³/mol. The Labute approximate surface area is 206 Å². The normalized spacial score (nSPS) is 12.2. The second-order valence-corrected chi connectivity index (χ2v) is 9.04. The van der Waals surface area contributed by atoms with Crippen LogP contribution in [0.1, 0.15) is 136 Å². The van der Waals surface area contributed by atoms with Crippen molar-refractivity contribution >= 4 is 5.97 Å². The first-order chi connectivity index (χ1) is 16.3. The van der Waals surface area contributed by atoms with Crippen molar-refractivity contribution < 1.29 is 9.53 Å². The number of esters is 1. The molecule has 0 aromatic rings. The first kappa shape index (κ1) is 31.4. The number of hydrogen-bond donors (Lipinski definition) is 0. The van der Waals surface area contributed by atoms with Gasteiger partial charge in [0.15, 0.2) is 0 Å². The number of unbranched alkanes of at least 4 members (excludes halogenated alkanes) is 13. The van der Waals surface area contributed by atoms with Gasteiger partial charge in [-0.1, -0.05) is 107 Å². The molecule has 0 spiro atoms. The zero-order valence-electron chi connectivity index (χ0n) is 22.1. The predicted octanol–water partition coefficient (Wildman–Crippen LogP) is 10.2. The smallest absolute Gasteiger partial charge is 0.305 e. The van der Waals surface area contributed by atoms with Gasteiger partial charge in [-0.2, -0.15) is 0 Å². The van der Waals surface area contributed by atoms with Crippen molar-refractivity contribution in [2.24, 2.45) is 0 Å². The van der Waals surface area contributed by atoms with E-state index in [-0.39, 0.29) is 5.97 Å². The highest BCUT2D eigenvalue weighted by atomic mass is 16.5. The minimum absolute atomic E-state index is 0.0438. The van der Waals surface area contributed by atoms with Crippen LogP contribution < -0.4 is 0 Å². The quantitative estimate of drug-likeness (QED) is 0.0622. The first-order valence-corrected chi connectivity index (χ1v) is 14.1. The van der Waals surface area contributed by atoms with Gasteiger partial charge in [0.2, 0.25) is 0 Å². The molecule has 0 rings (SSSR count). The summed E-state index contributed by atoms with van der Waals surface area (Å²) in [5.41, 5.74) is 0. The molecule has 0 atom stereocenters. The van der Waals surface area contributed by atoms with Crippen molar-refractivity contribution in [3.63, 3.8) is 0 Å². The number of hydrogen-bond acceptors (Lipinski definition) is 2. The molecule has 0 unspecified atom stereocenters. The van der Waals surface area contributed by atoms with Crippen molar-refractivity contribution in [1.29, 1.82) is 0 Å². The Kier molecular flexibility index (Phi) is 27.1. The fourth-order valence-electron chi connectivity index (χ4n) is 3.56. The van der Waals surface area contributed by atoms with E-state index in [0.29, 0.717) is 13.0 Å². The molecule has 33 heavy (non-hydrogen) atoms.